The molecule has 0 aromatic heterocycles. The lowest BCUT2D eigenvalue weighted by Gasteiger charge is -2.06. The van der Waals surface area contributed by atoms with Crippen molar-refractivity contribution < 1.29 is 9.60 Å². The fraction of sp³-hybridized carbons (Fsp3) is 0.733. The second-order valence-electron chi connectivity index (χ2n) is 4.90. The smallest absolute Gasteiger partial charge is 0.102 e. The molecule has 0 saturated carbocycles. The summed E-state index contributed by atoms with van der Waals surface area (Å²) in [5.41, 5.74) is 1.55. The summed E-state index contributed by atoms with van der Waals surface area (Å²) in [6.07, 6.45) is 17.9. The maximum Gasteiger partial charge on any atom is 0.102 e. The highest BCUT2D eigenvalue weighted by Crippen LogP contribution is 2.09. The van der Waals surface area contributed by atoms with Crippen molar-refractivity contribution >= 4 is 0 Å². The summed E-state index contributed by atoms with van der Waals surface area (Å²) in [5.74, 6) is 0. The Balaban J connectivity index is 0.00000256. The van der Waals surface area contributed by atoms with Gasteiger partial charge in [-0.1, -0.05) is 39.5 Å². The van der Waals surface area contributed by atoms with Gasteiger partial charge in [0, 0.05) is 11.6 Å². The molecule has 0 aliphatic carbocycles. The molecule has 0 aromatic carbocycles. The maximum absolute atomic E-state index is 2.41. The summed E-state index contributed by atoms with van der Waals surface area (Å²) in [7, 11) is 0. The largest absolute Gasteiger partial charge is 1.00 e. The molecule has 0 bridgehead atoms. The van der Waals surface area contributed by atoms with Crippen LogP contribution in [-0.4, -0.2) is 6.54 Å². The third kappa shape index (κ3) is 7.32. The van der Waals surface area contributed by atoms with E-state index in [0.717, 1.165) is 0 Å². The third-order valence-electron chi connectivity index (χ3n) is 3.27. The Kier molecular flexibility index (Phi) is 10.1. The molecule has 0 amide bonds. The molecule has 17 heavy (non-hydrogen) atoms. The van der Waals surface area contributed by atoms with E-state index in [4.69, 9.17) is 0 Å². The molecule has 1 heterocycles. The van der Waals surface area contributed by atoms with Crippen molar-refractivity contribution in [2.75, 3.05) is 6.54 Å². The van der Waals surface area contributed by atoms with E-state index in [0.29, 0.717) is 0 Å². The molecule has 1 unspecified atom stereocenters. The number of unbranched alkanes of at least 4 members (excludes halogenated alkanes) is 5. The van der Waals surface area contributed by atoms with E-state index in [1.807, 2.05) is 0 Å². The van der Waals surface area contributed by atoms with Gasteiger partial charge in [-0.2, -0.15) is 0 Å². The Morgan fingerprint density at radius 2 is 1.65 bits per heavy atom. The highest BCUT2D eigenvalue weighted by molar-refractivity contribution is 5.17. The van der Waals surface area contributed by atoms with Gasteiger partial charge in [0.05, 0.1) is 12.7 Å². The van der Waals surface area contributed by atoms with Gasteiger partial charge in [0.25, 0.3) is 0 Å². The van der Waals surface area contributed by atoms with Crippen LogP contribution in [0, 0.1) is 0 Å². The minimum Gasteiger partial charge on any atom is -1.00 e. The number of halogens is 1. The molecule has 1 rings (SSSR count). The zero-order chi connectivity index (χ0) is 11.6. The quantitative estimate of drug-likeness (QED) is 0.559. The van der Waals surface area contributed by atoms with Gasteiger partial charge in [-0.15, -0.1) is 0 Å². The van der Waals surface area contributed by atoms with Gasteiger partial charge < -0.3 is 4.70 Å². The molecule has 0 saturated heterocycles. The van der Waals surface area contributed by atoms with E-state index in [-0.39, 0.29) is 4.70 Å². The van der Waals surface area contributed by atoms with Crippen molar-refractivity contribution in [2.45, 2.75) is 65.2 Å². The lowest BCUT2D eigenvalue weighted by Crippen LogP contribution is -3.01. The third-order valence-corrected chi connectivity index (χ3v) is 3.27. The van der Waals surface area contributed by atoms with Crippen molar-refractivity contribution in [1.29, 1.82) is 0 Å². The van der Waals surface area contributed by atoms with Gasteiger partial charge in [0.15, 0.2) is 0 Å². The Morgan fingerprint density at radius 3 is 2.35 bits per heavy atom. The number of allylic oxidation sites excluding steroid dienone is 2. The molecule has 0 radical (unpaired) electrons. The van der Waals surface area contributed by atoms with Crippen LogP contribution in [0.5, 0.6) is 0 Å². The Hall–Kier alpha value is -0.630. The fourth-order valence-electron chi connectivity index (χ4n) is 2.17. The highest BCUT2D eigenvalue weighted by Gasteiger charge is 2.09. The molecule has 0 aromatic rings. The normalized spacial score (nSPS) is 18.0. The van der Waals surface area contributed by atoms with Gasteiger partial charge in [-0.3, -0.25) is 4.90 Å². The minimum atomic E-state index is 0. The van der Waals surface area contributed by atoms with E-state index >= 15 is 0 Å². The van der Waals surface area contributed by atoms with E-state index in [9.17, 15) is 0 Å². The van der Waals surface area contributed by atoms with Crippen LogP contribution in [0.4, 0.5) is 0 Å². The summed E-state index contributed by atoms with van der Waals surface area (Å²) in [6.45, 7) is 5.82. The molecule has 1 aliphatic heterocycles. The number of hydrogen-bond donors (Lipinski definition) is 1. The zero-order valence-corrected chi connectivity index (χ0v) is 11.5. The van der Waals surface area contributed by atoms with Gasteiger partial charge in [0.2, 0.25) is 0 Å². The second-order valence-corrected chi connectivity index (χ2v) is 4.90. The van der Waals surface area contributed by atoms with Crippen LogP contribution in [0.2, 0.25) is 0 Å². The Morgan fingerprint density at radius 1 is 0.941 bits per heavy atom. The summed E-state index contributed by atoms with van der Waals surface area (Å²) in [4.78, 5) is 1.56. The number of quaternary nitrogens is 1. The van der Waals surface area contributed by atoms with E-state index in [1.54, 1.807) is 10.5 Å². The van der Waals surface area contributed by atoms with Crippen molar-refractivity contribution in [3.8, 4) is 0 Å². The summed E-state index contributed by atoms with van der Waals surface area (Å²) in [6, 6.07) is 0. The first kappa shape index (κ1) is 16.4. The van der Waals surface area contributed by atoms with Crippen molar-refractivity contribution in [2.24, 2.45) is 0 Å². The van der Waals surface area contributed by atoms with Crippen molar-refractivity contribution in [1.82, 2.24) is 0 Å². The Labute approximate surface area is 106 Å². The minimum absolute atomic E-state index is 0. The van der Waals surface area contributed by atoms with Crippen LogP contribution in [-0.2, 0) is 0 Å². The first-order valence-corrected chi connectivity index (χ1v) is 7.11. The first-order valence-electron chi connectivity index (χ1n) is 7.11. The maximum atomic E-state index is 2.41. The van der Waals surface area contributed by atoms with Crippen molar-refractivity contribution in [3.05, 3.63) is 24.0 Å². The SMILES string of the molecule is CCCCCCC[NH+]1C=CC(CCCC)=C1.[F-]. The average molecular weight is 241 g/mol. The molecule has 100 valence electrons. The van der Waals surface area contributed by atoms with Gasteiger partial charge >= 0.3 is 0 Å². The molecule has 1 nitrogen and oxygen atoms in total. The monoisotopic (exact) mass is 241 g/mol. The molecule has 2 heteroatoms. The topological polar surface area (TPSA) is 4.44 Å². The van der Waals surface area contributed by atoms with Crippen LogP contribution in [0.25, 0.3) is 0 Å². The zero-order valence-electron chi connectivity index (χ0n) is 11.5. The molecule has 0 fully saturated rings. The molecule has 1 atom stereocenters. The van der Waals surface area contributed by atoms with E-state index < -0.39 is 0 Å². The van der Waals surface area contributed by atoms with Crippen LogP contribution in [0.15, 0.2) is 24.0 Å². The molecular formula is C15H28FN. The van der Waals surface area contributed by atoms with Crippen LogP contribution in [0.3, 0.4) is 0 Å². The first-order chi connectivity index (χ1) is 7.86. The summed E-state index contributed by atoms with van der Waals surface area (Å²) < 4.78 is 0. The average Bonchev–Trinajstić information content (AvgIpc) is 2.74. The summed E-state index contributed by atoms with van der Waals surface area (Å²) >= 11 is 0. The molecule has 1 N–H and O–H groups in total. The van der Waals surface area contributed by atoms with Gasteiger partial charge in [0.1, 0.15) is 6.20 Å². The van der Waals surface area contributed by atoms with Crippen molar-refractivity contribution in [3.63, 3.8) is 0 Å². The van der Waals surface area contributed by atoms with Crippen LogP contribution < -0.4 is 9.60 Å². The van der Waals surface area contributed by atoms with Crippen LogP contribution >= 0.6 is 0 Å². The van der Waals surface area contributed by atoms with E-state index in [1.165, 1.54) is 57.9 Å². The molecule has 1 aliphatic rings. The molecule has 0 spiro atoms. The fourth-order valence-corrected chi connectivity index (χ4v) is 2.17. The Bertz CT molecular complexity index is 233. The number of hydrogen-bond acceptors (Lipinski definition) is 0. The molecular weight excluding hydrogens is 213 g/mol. The predicted octanol–water partition coefficient (Wildman–Crippen LogP) is 0.447. The second kappa shape index (κ2) is 10.5. The standard InChI is InChI=1S/C15H27N.FH/c1-3-5-7-8-9-12-16-13-11-15(14-16)10-6-4-2;/h11,13-14H,3-10,12H2,1-2H3;1H. The van der Waals surface area contributed by atoms with E-state index in [2.05, 4.69) is 32.3 Å². The highest BCUT2D eigenvalue weighted by atomic mass is 19.0. The van der Waals surface area contributed by atoms with Gasteiger partial charge in [-0.25, -0.2) is 0 Å². The van der Waals surface area contributed by atoms with Crippen LogP contribution in [0.1, 0.15) is 65.2 Å². The summed E-state index contributed by atoms with van der Waals surface area (Å²) in [5, 5.41) is 0. The van der Waals surface area contributed by atoms with Gasteiger partial charge in [-0.05, 0) is 25.7 Å². The predicted molar refractivity (Wildman–Crippen MR) is 71.3 cm³/mol. The number of nitrogens with one attached hydrogen (secondary N) is 1. The lowest BCUT2D eigenvalue weighted by atomic mass is 10.1. The lowest BCUT2D eigenvalue weighted by molar-refractivity contribution is -0.788. The number of rotatable bonds is 9.